The number of anilines is 1. The summed E-state index contributed by atoms with van der Waals surface area (Å²) in [6.45, 7) is 5.11. The van der Waals surface area contributed by atoms with E-state index in [0.717, 1.165) is 0 Å². The minimum atomic E-state index is -0.638. The molecule has 160 valence electrons. The van der Waals surface area contributed by atoms with E-state index >= 15 is 0 Å². The van der Waals surface area contributed by atoms with Crippen LogP contribution in [-0.4, -0.2) is 45.4 Å². The largest absolute Gasteiger partial charge is 0.493 e. The van der Waals surface area contributed by atoms with E-state index in [4.69, 9.17) is 23.7 Å². The van der Waals surface area contributed by atoms with Crippen LogP contribution in [0.4, 0.5) is 5.69 Å². The Morgan fingerprint density at radius 1 is 1.03 bits per heavy atom. The Bertz CT molecular complexity index is 910. The molecule has 8 heteroatoms. The van der Waals surface area contributed by atoms with Crippen LogP contribution >= 0.6 is 0 Å². The number of carbonyl (C=O) groups is 2. The van der Waals surface area contributed by atoms with E-state index in [1.807, 2.05) is 13.8 Å². The molecule has 1 aliphatic heterocycles. The van der Waals surface area contributed by atoms with Gasteiger partial charge in [-0.3, -0.25) is 4.79 Å². The molecule has 0 unspecified atom stereocenters. The molecule has 2 aromatic carbocycles. The van der Waals surface area contributed by atoms with Crippen molar-refractivity contribution in [1.82, 2.24) is 0 Å². The van der Waals surface area contributed by atoms with Crippen molar-refractivity contribution in [3.05, 3.63) is 42.0 Å². The first-order valence-corrected chi connectivity index (χ1v) is 9.63. The third kappa shape index (κ3) is 5.56. The topological polar surface area (TPSA) is 92.3 Å². The number of hydrogen-bond donors (Lipinski definition) is 1. The van der Waals surface area contributed by atoms with Gasteiger partial charge in [0.15, 0.2) is 29.6 Å². The number of ether oxygens (including phenoxy) is 5. The van der Waals surface area contributed by atoms with Gasteiger partial charge in [-0.15, -0.1) is 0 Å². The molecule has 1 aliphatic rings. The lowest BCUT2D eigenvalue weighted by Gasteiger charge is -2.19. The van der Waals surface area contributed by atoms with Gasteiger partial charge >= 0.3 is 5.97 Å². The van der Waals surface area contributed by atoms with E-state index in [0.29, 0.717) is 54.4 Å². The van der Waals surface area contributed by atoms with Crippen molar-refractivity contribution >= 4 is 17.6 Å². The maximum Gasteiger partial charge on any atom is 0.338 e. The Morgan fingerprint density at radius 2 is 1.80 bits per heavy atom. The monoisotopic (exact) mass is 415 g/mol. The highest BCUT2D eigenvalue weighted by Crippen LogP contribution is 2.32. The van der Waals surface area contributed by atoms with E-state index in [-0.39, 0.29) is 5.56 Å². The number of amides is 1. The van der Waals surface area contributed by atoms with Crippen molar-refractivity contribution < 1.29 is 33.3 Å². The number of rotatable bonds is 8. The SMILES string of the molecule is COc1cc(C(=O)OCC(=O)Nc2ccc3c(c2)OCCO3)ccc1OCC(C)C. The molecule has 0 atom stereocenters. The van der Waals surface area contributed by atoms with E-state index in [1.165, 1.54) is 13.2 Å². The number of fused-ring (bicyclic) bond motifs is 1. The standard InChI is InChI=1S/C22H25NO7/c1-14(2)12-29-17-6-4-15(10-19(17)26-3)22(25)30-13-21(24)23-16-5-7-18-20(11-16)28-9-8-27-18/h4-7,10-11,14H,8-9,12-13H2,1-3H3,(H,23,24). The molecule has 0 aromatic heterocycles. The second kappa shape index (κ2) is 9.87. The minimum Gasteiger partial charge on any atom is -0.493 e. The number of nitrogens with one attached hydrogen (secondary N) is 1. The predicted octanol–water partition coefficient (Wildman–Crippen LogP) is 3.30. The average molecular weight is 415 g/mol. The molecule has 1 amide bonds. The minimum absolute atomic E-state index is 0.260. The fourth-order valence-corrected chi connectivity index (χ4v) is 2.70. The fraction of sp³-hybridized carbons (Fsp3) is 0.364. The third-order valence-electron chi connectivity index (χ3n) is 4.13. The van der Waals surface area contributed by atoms with Gasteiger partial charge in [0.2, 0.25) is 0 Å². The Labute approximate surface area is 175 Å². The molecule has 0 bridgehead atoms. The molecule has 0 fully saturated rings. The summed E-state index contributed by atoms with van der Waals surface area (Å²) in [5, 5.41) is 2.66. The van der Waals surface area contributed by atoms with Crippen molar-refractivity contribution in [3.8, 4) is 23.0 Å². The Hall–Kier alpha value is -3.42. The normalized spacial score (nSPS) is 12.3. The second-order valence-electron chi connectivity index (χ2n) is 7.05. The van der Waals surface area contributed by atoms with Gasteiger partial charge in [-0.05, 0) is 36.2 Å². The van der Waals surface area contributed by atoms with Crippen LogP contribution in [-0.2, 0) is 9.53 Å². The molecular weight excluding hydrogens is 390 g/mol. The first-order valence-electron chi connectivity index (χ1n) is 9.63. The van der Waals surface area contributed by atoms with E-state index < -0.39 is 18.5 Å². The molecule has 30 heavy (non-hydrogen) atoms. The van der Waals surface area contributed by atoms with E-state index in [2.05, 4.69) is 5.32 Å². The molecule has 3 rings (SSSR count). The van der Waals surface area contributed by atoms with Gasteiger partial charge in [-0.1, -0.05) is 13.8 Å². The number of carbonyl (C=O) groups excluding carboxylic acids is 2. The van der Waals surface area contributed by atoms with Crippen LogP contribution in [0.3, 0.4) is 0 Å². The quantitative estimate of drug-likeness (QED) is 0.662. The summed E-state index contributed by atoms with van der Waals surface area (Å²) in [5.74, 6) is 1.39. The summed E-state index contributed by atoms with van der Waals surface area (Å²) in [4.78, 5) is 24.4. The average Bonchev–Trinajstić information content (AvgIpc) is 2.75. The number of methoxy groups -OCH3 is 1. The van der Waals surface area contributed by atoms with Gasteiger partial charge < -0.3 is 29.0 Å². The molecule has 1 N–H and O–H groups in total. The highest BCUT2D eigenvalue weighted by Gasteiger charge is 2.16. The van der Waals surface area contributed by atoms with Gasteiger partial charge in [-0.25, -0.2) is 4.79 Å². The van der Waals surface area contributed by atoms with Crippen LogP contribution < -0.4 is 24.3 Å². The molecule has 0 spiro atoms. The lowest BCUT2D eigenvalue weighted by atomic mass is 10.2. The zero-order valence-corrected chi connectivity index (χ0v) is 17.2. The predicted molar refractivity (Wildman–Crippen MR) is 110 cm³/mol. The summed E-state index contributed by atoms with van der Waals surface area (Å²) in [7, 11) is 1.49. The van der Waals surface area contributed by atoms with Crippen LogP contribution in [0.1, 0.15) is 24.2 Å². The summed E-state index contributed by atoms with van der Waals surface area (Å²) >= 11 is 0. The van der Waals surface area contributed by atoms with Gasteiger partial charge in [0, 0.05) is 11.8 Å². The Balaban J connectivity index is 1.55. The zero-order chi connectivity index (χ0) is 21.5. The van der Waals surface area contributed by atoms with Crippen LogP contribution in [0.25, 0.3) is 0 Å². The van der Waals surface area contributed by atoms with Gasteiger partial charge in [0.1, 0.15) is 13.2 Å². The molecule has 0 saturated carbocycles. The summed E-state index contributed by atoms with van der Waals surface area (Å²) in [6, 6.07) is 9.80. The zero-order valence-electron chi connectivity index (χ0n) is 17.2. The summed E-state index contributed by atoms with van der Waals surface area (Å²) < 4.78 is 27.0. The van der Waals surface area contributed by atoms with Crippen LogP contribution in [0, 0.1) is 5.92 Å². The number of hydrogen-bond acceptors (Lipinski definition) is 7. The van der Waals surface area contributed by atoms with E-state index in [1.54, 1.807) is 30.3 Å². The van der Waals surface area contributed by atoms with Crippen LogP contribution in [0.5, 0.6) is 23.0 Å². The molecular formula is C22H25NO7. The van der Waals surface area contributed by atoms with Crippen molar-refractivity contribution in [2.24, 2.45) is 5.92 Å². The van der Waals surface area contributed by atoms with Crippen molar-refractivity contribution in [2.45, 2.75) is 13.8 Å². The number of esters is 1. The highest BCUT2D eigenvalue weighted by molar-refractivity contribution is 5.96. The highest BCUT2D eigenvalue weighted by atomic mass is 16.6. The lowest BCUT2D eigenvalue weighted by Crippen LogP contribution is -2.21. The Kier molecular flexibility index (Phi) is 7.00. The first-order chi connectivity index (χ1) is 14.5. The first kappa shape index (κ1) is 21.3. The lowest BCUT2D eigenvalue weighted by molar-refractivity contribution is -0.119. The van der Waals surface area contributed by atoms with Crippen LogP contribution in [0.2, 0.25) is 0 Å². The molecule has 1 heterocycles. The fourth-order valence-electron chi connectivity index (χ4n) is 2.70. The molecule has 8 nitrogen and oxygen atoms in total. The maximum absolute atomic E-state index is 12.3. The second-order valence-corrected chi connectivity index (χ2v) is 7.05. The smallest absolute Gasteiger partial charge is 0.338 e. The van der Waals surface area contributed by atoms with Gasteiger partial charge in [-0.2, -0.15) is 0 Å². The van der Waals surface area contributed by atoms with Crippen molar-refractivity contribution in [3.63, 3.8) is 0 Å². The maximum atomic E-state index is 12.3. The summed E-state index contributed by atoms with van der Waals surface area (Å²) in [6.07, 6.45) is 0. The number of benzene rings is 2. The molecule has 0 radical (unpaired) electrons. The summed E-state index contributed by atoms with van der Waals surface area (Å²) in [5.41, 5.74) is 0.782. The van der Waals surface area contributed by atoms with Crippen LogP contribution in [0.15, 0.2) is 36.4 Å². The van der Waals surface area contributed by atoms with Crippen molar-refractivity contribution in [1.29, 1.82) is 0 Å². The van der Waals surface area contributed by atoms with E-state index in [9.17, 15) is 9.59 Å². The molecule has 0 aliphatic carbocycles. The van der Waals surface area contributed by atoms with Crippen molar-refractivity contribution in [2.75, 3.05) is 38.9 Å². The van der Waals surface area contributed by atoms with Gasteiger partial charge in [0.25, 0.3) is 5.91 Å². The molecule has 0 saturated heterocycles. The Morgan fingerprint density at radius 3 is 2.53 bits per heavy atom. The third-order valence-corrected chi connectivity index (χ3v) is 4.13. The van der Waals surface area contributed by atoms with Gasteiger partial charge in [0.05, 0.1) is 19.3 Å². The molecule has 2 aromatic rings.